The quantitative estimate of drug-likeness (QED) is 0.567. The number of aryl methyl sites for hydroxylation is 1. The summed E-state index contributed by atoms with van der Waals surface area (Å²) in [5, 5.41) is 0. The van der Waals surface area contributed by atoms with Gasteiger partial charge in [-0.25, -0.2) is 4.79 Å². The third kappa shape index (κ3) is 3.04. The van der Waals surface area contributed by atoms with E-state index in [2.05, 4.69) is 6.92 Å². The van der Waals surface area contributed by atoms with E-state index in [-0.39, 0.29) is 12.6 Å². The number of carbonyl (C=O) groups excluding carboxylic acids is 1. The Kier molecular flexibility index (Phi) is 4.47. The van der Waals surface area contributed by atoms with E-state index in [0.29, 0.717) is 11.4 Å². The number of hydrogen-bond donors (Lipinski definition) is 0. The standard InChI is InChI=1S/C11H13ClO2/c1-2-9-3-5-10(6-4-9)11(13)14-8-7-12/h3-6H,2,7-8H2,1H3. The Morgan fingerprint density at radius 1 is 1.36 bits per heavy atom. The van der Waals surface area contributed by atoms with Crippen molar-refractivity contribution in [3.8, 4) is 0 Å². The van der Waals surface area contributed by atoms with Gasteiger partial charge in [0.2, 0.25) is 0 Å². The first-order valence-electron chi connectivity index (χ1n) is 4.60. The number of carbonyl (C=O) groups is 1. The molecule has 1 aromatic rings. The Labute approximate surface area is 88.8 Å². The third-order valence-electron chi connectivity index (χ3n) is 1.91. The fourth-order valence-corrected chi connectivity index (χ4v) is 1.17. The van der Waals surface area contributed by atoms with Crippen molar-refractivity contribution in [1.82, 2.24) is 0 Å². The normalized spacial score (nSPS) is 9.86. The molecule has 0 heterocycles. The van der Waals surface area contributed by atoms with Crippen molar-refractivity contribution in [3.63, 3.8) is 0 Å². The van der Waals surface area contributed by atoms with Gasteiger partial charge in [-0.05, 0) is 24.1 Å². The predicted octanol–water partition coefficient (Wildman–Crippen LogP) is 2.64. The molecule has 0 radical (unpaired) electrons. The number of ether oxygens (including phenoxy) is 1. The van der Waals surface area contributed by atoms with Crippen LogP contribution in [0.4, 0.5) is 0 Å². The van der Waals surface area contributed by atoms with Gasteiger partial charge in [-0.1, -0.05) is 19.1 Å². The summed E-state index contributed by atoms with van der Waals surface area (Å²) in [7, 11) is 0. The van der Waals surface area contributed by atoms with E-state index < -0.39 is 0 Å². The van der Waals surface area contributed by atoms with Gasteiger partial charge in [-0.2, -0.15) is 0 Å². The minimum atomic E-state index is -0.312. The van der Waals surface area contributed by atoms with Gasteiger partial charge >= 0.3 is 5.97 Å². The Hall–Kier alpha value is -1.02. The van der Waals surface area contributed by atoms with E-state index in [4.69, 9.17) is 16.3 Å². The Morgan fingerprint density at radius 2 is 2.00 bits per heavy atom. The first-order valence-corrected chi connectivity index (χ1v) is 5.13. The van der Waals surface area contributed by atoms with Crippen molar-refractivity contribution in [2.24, 2.45) is 0 Å². The number of rotatable bonds is 4. The molecule has 0 saturated carbocycles. The first kappa shape index (κ1) is 11.1. The van der Waals surface area contributed by atoms with E-state index in [0.717, 1.165) is 6.42 Å². The fourth-order valence-electron chi connectivity index (χ4n) is 1.09. The molecular formula is C11H13ClO2. The molecule has 0 aromatic heterocycles. The molecule has 0 aliphatic rings. The summed E-state index contributed by atoms with van der Waals surface area (Å²) in [5.41, 5.74) is 1.78. The van der Waals surface area contributed by atoms with Gasteiger partial charge in [0.25, 0.3) is 0 Å². The highest BCUT2D eigenvalue weighted by Gasteiger charge is 2.05. The summed E-state index contributed by atoms with van der Waals surface area (Å²) in [6, 6.07) is 7.40. The van der Waals surface area contributed by atoms with Crippen LogP contribution in [-0.4, -0.2) is 18.5 Å². The molecule has 3 heteroatoms. The van der Waals surface area contributed by atoms with Crippen LogP contribution in [-0.2, 0) is 11.2 Å². The lowest BCUT2D eigenvalue weighted by Gasteiger charge is -2.02. The molecule has 0 aliphatic carbocycles. The maximum Gasteiger partial charge on any atom is 0.338 e. The SMILES string of the molecule is CCc1ccc(C(=O)OCCCl)cc1. The highest BCUT2D eigenvalue weighted by molar-refractivity contribution is 6.18. The first-order chi connectivity index (χ1) is 6.77. The summed E-state index contributed by atoms with van der Waals surface area (Å²) >= 11 is 5.40. The Bertz CT molecular complexity index is 293. The number of benzene rings is 1. The maximum absolute atomic E-state index is 11.3. The highest BCUT2D eigenvalue weighted by Crippen LogP contribution is 2.06. The second-order valence-electron chi connectivity index (χ2n) is 2.88. The lowest BCUT2D eigenvalue weighted by atomic mass is 10.1. The second kappa shape index (κ2) is 5.66. The molecule has 0 unspecified atom stereocenters. The van der Waals surface area contributed by atoms with Crippen molar-refractivity contribution in [3.05, 3.63) is 35.4 Å². The summed E-state index contributed by atoms with van der Waals surface area (Å²) in [5.74, 6) is 0.0204. The minimum absolute atomic E-state index is 0.260. The van der Waals surface area contributed by atoms with Crippen LogP contribution in [0, 0.1) is 0 Å². The number of alkyl halides is 1. The van der Waals surface area contributed by atoms with E-state index in [1.54, 1.807) is 12.1 Å². The van der Waals surface area contributed by atoms with Crippen molar-refractivity contribution in [1.29, 1.82) is 0 Å². The lowest BCUT2D eigenvalue weighted by molar-refractivity contribution is 0.0529. The molecule has 0 saturated heterocycles. The zero-order valence-electron chi connectivity index (χ0n) is 8.13. The zero-order chi connectivity index (χ0) is 10.4. The molecule has 2 nitrogen and oxygen atoms in total. The molecule has 1 rings (SSSR count). The van der Waals surface area contributed by atoms with E-state index >= 15 is 0 Å². The molecule has 0 amide bonds. The second-order valence-corrected chi connectivity index (χ2v) is 3.25. The van der Waals surface area contributed by atoms with Gasteiger partial charge < -0.3 is 4.74 Å². The summed E-state index contributed by atoms with van der Waals surface area (Å²) in [4.78, 5) is 11.3. The fraction of sp³-hybridized carbons (Fsp3) is 0.364. The summed E-state index contributed by atoms with van der Waals surface area (Å²) in [6.45, 7) is 2.33. The van der Waals surface area contributed by atoms with Crippen LogP contribution in [0.25, 0.3) is 0 Å². The molecule has 76 valence electrons. The topological polar surface area (TPSA) is 26.3 Å². The van der Waals surface area contributed by atoms with E-state index in [1.165, 1.54) is 5.56 Å². The van der Waals surface area contributed by atoms with Crippen molar-refractivity contribution >= 4 is 17.6 Å². The molecule has 0 aliphatic heterocycles. The van der Waals surface area contributed by atoms with Crippen LogP contribution in [0.1, 0.15) is 22.8 Å². The van der Waals surface area contributed by atoms with Crippen LogP contribution in [0.2, 0.25) is 0 Å². The third-order valence-corrected chi connectivity index (χ3v) is 2.06. The minimum Gasteiger partial charge on any atom is -0.461 e. The van der Waals surface area contributed by atoms with Crippen molar-refractivity contribution < 1.29 is 9.53 Å². The number of esters is 1. The van der Waals surface area contributed by atoms with Gasteiger partial charge in [0, 0.05) is 0 Å². The Balaban J connectivity index is 2.62. The monoisotopic (exact) mass is 212 g/mol. The van der Waals surface area contributed by atoms with Gasteiger partial charge in [0.1, 0.15) is 6.61 Å². The molecule has 14 heavy (non-hydrogen) atoms. The van der Waals surface area contributed by atoms with Crippen molar-refractivity contribution in [2.45, 2.75) is 13.3 Å². The summed E-state index contributed by atoms with van der Waals surface area (Å²) < 4.78 is 4.88. The van der Waals surface area contributed by atoms with E-state index in [1.807, 2.05) is 12.1 Å². The molecule has 0 atom stereocenters. The van der Waals surface area contributed by atoms with Crippen LogP contribution >= 0.6 is 11.6 Å². The van der Waals surface area contributed by atoms with Crippen LogP contribution in [0.3, 0.4) is 0 Å². The molecule has 0 bridgehead atoms. The maximum atomic E-state index is 11.3. The van der Waals surface area contributed by atoms with Gasteiger partial charge in [0.15, 0.2) is 0 Å². The number of halogens is 1. The average Bonchev–Trinajstić information content (AvgIpc) is 2.26. The van der Waals surface area contributed by atoms with Crippen LogP contribution < -0.4 is 0 Å². The largest absolute Gasteiger partial charge is 0.461 e. The van der Waals surface area contributed by atoms with Crippen LogP contribution in [0.5, 0.6) is 0 Å². The number of hydrogen-bond acceptors (Lipinski definition) is 2. The Morgan fingerprint density at radius 3 is 2.50 bits per heavy atom. The molecule has 0 N–H and O–H groups in total. The highest BCUT2D eigenvalue weighted by atomic mass is 35.5. The molecule has 0 spiro atoms. The van der Waals surface area contributed by atoms with Gasteiger partial charge in [-0.3, -0.25) is 0 Å². The molecule has 1 aromatic carbocycles. The molecular weight excluding hydrogens is 200 g/mol. The average molecular weight is 213 g/mol. The predicted molar refractivity (Wildman–Crippen MR) is 56.8 cm³/mol. The lowest BCUT2D eigenvalue weighted by Crippen LogP contribution is -2.06. The van der Waals surface area contributed by atoms with E-state index in [9.17, 15) is 4.79 Å². The zero-order valence-corrected chi connectivity index (χ0v) is 8.88. The summed E-state index contributed by atoms with van der Waals surface area (Å²) in [6.07, 6.45) is 0.969. The smallest absolute Gasteiger partial charge is 0.338 e. The van der Waals surface area contributed by atoms with Crippen LogP contribution in [0.15, 0.2) is 24.3 Å². The molecule has 0 fully saturated rings. The van der Waals surface area contributed by atoms with Gasteiger partial charge in [0.05, 0.1) is 11.4 Å². The van der Waals surface area contributed by atoms with Gasteiger partial charge in [-0.15, -0.1) is 11.6 Å². The van der Waals surface area contributed by atoms with Crippen molar-refractivity contribution in [2.75, 3.05) is 12.5 Å².